The van der Waals surface area contributed by atoms with Crippen molar-refractivity contribution in [2.24, 2.45) is 0 Å². The van der Waals surface area contributed by atoms with Gasteiger partial charge in [0.05, 0.1) is 10.6 Å². The van der Waals surface area contributed by atoms with Gasteiger partial charge in [0.15, 0.2) is 0 Å². The van der Waals surface area contributed by atoms with E-state index in [0.29, 0.717) is 15.7 Å². The number of nitrogens with one attached hydrogen (secondary N) is 1. The Morgan fingerprint density at radius 3 is 2.53 bits per heavy atom. The van der Waals surface area contributed by atoms with Crippen LogP contribution in [0.25, 0.3) is 6.08 Å². The van der Waals surface area contributed by atoms with Crippen molar-refractivity contribution in [1.82, 2.24) is 0 Å². The number of amides is 1. The predicted octanol–water partition coefficient (Wildman–Crippen LogP) is 5.36. The summed E-state index contributed by atoms with van der Waals surface area (Å²) < 4.78 is 5.75. The Labute approximate surface area is 184 Å². The van der Waals surface area contributed by atoms with Gasteiger partial charge in [-0.05, 0) is 39.5 Å². The van der Waals surface area contributed by atoms with Gasteiger partial charge in [-0.3, -0.25) is 14.9 Å². The molecule has 30 heavy (non-hydrogen) atoms. The van der Waals surface area contributed by atoms with Crippen molar-refractivity contribution in [3.8, 4) is 0 Å². The number of nitrogens with zero attached hydrogens (tertiary/aromatic N) is 1. The van der Waals surface area contributed by atoms with Crippen molar-refractivity contribution in [3.05, 3.63) is 97.1 Å². The number of anilines is 1. The van der Waals surface area contributed by atoms with E-state index < -0.39 is 22.9 Å². The summed E-state index contributed by atoms with van der Waals surface area (Å²) in [5.41, 5.74) is 0.687. The van der Waals surface area contributed by atoms with Gasteiger partial charge >= 0.3 is 5.97 Å². The lowest BCUT2D eigenvalue weighted by atomic mass is 10.1. The van der Waals surface area contributed by atoms with E-state index in [1.165, 1.54) is 35.6 Å². The summed E-state index contributed by atoms with van der Waals surface area (Å²) in [7, 11) is 0. The highest BCUT2D eigenvalue weighted by Crippen LogP contribution is 2.29. The average molecular weight is 487 g/mol. The van der Waals surface area contributed by atoms with Crippen molar-refractivity contribution in [1.29, 1.82) is 0 Å². The maximum Gasteiger partial charge on any atom is 0.331 e. The molecule has 1 amide bonds. The maximum absolute atomic E-state index is 12.9. The third-order valence-corrected chi connectivity index (χ3v) is 5.42. The Morgan fingerprint density at radius 1 is 1.13 bits per heavy atom. The Hall–Kier alpha value is -3.30. The Morgan fingerprint density at radius 2 is 1.90 bits per heavy atom. The highest BCUT2D eigenvalue weighted by molar-refractivity contribution is 9.10. The third-order valence-electron chi connectivity index (χ3n) is 3.92. The SMILES string of the molecule is O=C(/C=C/c1cccs1)OC(C(=O)Nc1ccc([N+](=O)[O-])cc1Br)c1ccccc1. The monoisotopic (exact) mass is 486 g/mol. The van der Waals surface area contributed by atoms with Gasteiger partial charge in [-0.1, -0.05) is 36.4 Å². The molecule has 3 aromatic rings. The van der Waals surface area contributed by atoms with Crippen LogP contribution in [0.4, 0.5) is 11.4 Å². The summed E-state index contributed by atoms with van der Waals surface area (Å²) >= 11 is 4.68. The van der Waals surface area contributed by atoms with Crippen LogP contribution in [0.3, 0.4) is 0 Å². The first kappa shape index (κ1) is 21.4. The molecule has 1 heterocycles. The number of thiophene rings is 1. The number of halogens is 1. The number of esters is 1. The number of hydrogen-bond acceptors (Lipinski definition) is 6. The van der Waals surface area contributed by atoms with Gasteiger partial charge in [0.1, 0.15) is 0 Å². The van der Waals surface area contributed by atoms with E-state index >= 15 is 0 Å². The van der Waals surface area contributed by atoms with Crippen LogP contribution in [0, 0.1) is 10.1 Å². The Bertz CT molecular complexity index is 1080. The van der Waals surface area contributed by atoms with E-state index in [2.05, 4.69) is 21.2 Å². The zero-order chi connectivity index (χ0) is 21.5. The van der Waals surface area contributed by atoms with E-state index in [1.807, 2.05) is 17.5 Å². The molecule has 0 fully saturated rings. The largest absolute Gasteiger partial charge is 0.444 e. The lowest BCUT2D eigenvalue weighted by Gasteiger charge is -2.17. The minimum absolute atomic E-state index is 0.121. The normalized spacial score (nSPS) is 11.8. The van der Waals surface area contributed by atoms with E-state index in [1.54, 1.807) is 36.4 Å². The second-order valence-corrected chi connectivity index (χ2v) is 7.82. The first-order valence-electron chi connectivity index (χ1n) is 8.66. The molecule has 7 nitrogen and oxygen atoms in total. The number of carbonyl (C=O) groups excluding carboxylic acids is 2. The van der Waals surface area contributed by atoms with Crippen molar-refractivity contribution in [3.63, 3.8) is 0 Å². The first-order valence-corrected chi connectivity index (χ1v) is 10.3. The van der Waals surface area contributed by atoms with Gasteiger partial charge in [-0.15, -0.1) is 11.3 Å². The molecule has 1 unspecified atom stereocenters. The number of hydrogen-bond donors (Lipinski definition) is 1. The fourth-order valence-corrected chi connectivity index (χ4v) is 3.59. The summed E-state index contributed by atoms with van der Waals surface area (Å²) in [4.78, 5) is 36.4. The summed E-state index contributed by atoms with van der Waals surface area (Å²) in [6.45, 7) is 0. The molecule has 152 valence electrons. The zero-order valence-electron chi connectivity index (χ0n) is 15.4. The van der Waals surface area contributed by atoms with Gasteiger partial charge < -0.3 is 10.1 Å². The third kappa shape index (κ3) is 5.62. The predicted molar refractivity (Wildman–Crippen MR) is 118 cm³/mol. The van der Waals surface area contributed by atoms with Crippen LogP contribution >= 0.6 is 27.3 Å². The summed E-state index contributed by atoms with van der Waals surface area (Å²) in [6, 6.07) is 16.2. The highest BCUT2D eigenvalue weighted by Gasteiger charge is 2.25. The molecule has 0 saturated carbocycles. The molecule has 0 aliphatic rings. The summed E-state index contributed by atoms with van der Waals surface area (Å²) in [5.74, 6) is -1.26. The zero-order valence-corrected chi connectivity index (χ0v) is 17.8. The lowest BCUT2D eigenvalue weighted by molar-refractivity contribution is -0.384. The van der Waals surface area contributed by atoms with E-state index in [-0.39, 0.29) is 5.69 Å². The number of benzene rings is 2. The number of nitro benzene ring substituents is 1. The van der Waals surface area contributed by atoms with E-state index in [4.69, 9.17) is 4.74 Å². The average Bonchev–Trinajstić information content (AvgIpc) is 3.26. The van der Waals surface area contributed by atoms with Crippen LogP contribution < -0.4 is 5.32 Å². The smallest absolute Gasteiger partial charge is 0.331 e. The molecule has 0 aliphatic carbocycles. The molecule has 0 saturated heterocycles. The minimum Gasteiger partial charge on any atom is -0.444 e. The second kappa shape index (κ2) is 9.95. The molecule has 0 bridgehead atoms. The molecule has 2 aromatic carbocycles. The van der Waals surface area contributed by atoms with E-state index in [0.717, 1.165) is 4.88 Å². The molecule has 0 aliphatic heterocycles. The van der Waals surface area contributed by atoms with Gasteiger partial charge in [0.2, 0.25) is 6.10 Å². The number of nitro groups is 1. The van der Waals surface area contributed by atoms with Gasteiger partial charge in [-0.25, -0.2) is 4.79 Å². The molecular formula is C21H15BrN2O5S. The summed E-state index contributed by atoms with van der Waals surface area (Å²) in [6.07, 6.45) is 1.67. The number of carbonyl (C=O) groups is 2. The van der Waals surface area contributed by atoms with Crippen molar-refractivity contribution in [2.45, 2.75) is 6.10 Å². The van der Waals surface area contributed by atoms with Crippen molar-refractivity contribution >= 4 is 56.6 Å². The molecule has 1 atom stereocenters. The topological polar surface area (TPSA) is 98.5 Å². The van der Waals surface area contributed by atoms with Crippen molar-refractivity contribution < 1.29 is 19.2 Å². The van der Waals surface area contributed by atoms with Crippen LogP contribution in [0.5, 0.6) is 0 Å². The van der Waals surface area contributed by atoms with Crippen LogP contribution in [-0.2, 0) is 14.3 Å². The fraction of sp³-hybridized carbons (Fsp3) is 0.0476. The lowest BCUT2D eigenvalue weighted by Crippen LogP contribution is -2.25. The maximum atomic E-state index is 12.9. The molecule has 9 heteroatoms. The number of rotatable bonds is 7. The quantitative estimate of drug-likeness (QED) is 0.210. The molecule has 3 rings (SSSR count). The van der Waals surface area contributed by atoms with Crippen LogP contribution in [0.1, 0.15) is 16.5 Å². The van der Waals surface area contributed by atoms with E-state index in [9.17, 15) is 19.7 Å². The standard InChI is InChI=1S/C21H15BrN2O5S/c22-17-13-15(24(27)28)8-10-18(17)23-21(26)20(14-5-2-1-3-6-14)29-19(25)11-9-16-7-4-12-30-16/h1-13,20H,(H,23,26)/b11-9+. The second-order valence-electron chi connectivity index (χ2n) is 5.99. The molecule has 0 radical (unpaired) electrons. The van der Waals surface area contributed by atoms with Crippen LogP contribution in [0.15, 0.2) is 76.6 Å². The number of ether oxygens (including phenoxy) is 1. The molecule has 1 aromatic heterocycles. The Balaban J connectivity index is 1.79. The van der Waals surface area contributed by atoms with Gasteiger partial charge in [0, 0.05) is 33.1 Å². The van der Waals surface area contributed by atoms with Gasteiger partial charge in [0.25, 0.3) is 11.6 Å². The molecule has 1 N–H and O–H groups in total. The molecular weight excluding hydrogens is 472 g/mol. The minimum atomic E-state index is -1.20. The first-order chi connectivity index (χ1) is 14.4. The van der Waals surface area contributed by atoms with Crippen LogP contribution in [-0.4, -0.2) is 16.8 Å². The fourth-order valence-electron chi connectivity index (χ4n) is 2.51. The Kier molecular flexibility index (Phi) is 7.10. The van der Waals surface area contributed by atoms with Gasteiger partial charge in [-0.2, -0.15) is 0 Å². The van der Waals surface area contributed by atoms with Crippen LogP contribution in [0.2, 0.25) is 0 Å². The summed E-state index contributed by atoms with van der Waals surface area (Å²) in [5, 5.41) is 15.4. The highest BCUT2D eigenvalue weighted by atomic mass is 79.9. The number of non-ortho nitro benzene ring substituents is 1. The molecule has 0 spiro atoms. The van der Waals surface area contributed by atoms with Crippen molar-refractivity contribution in [2.75, 3.05) is 5.32 Å².